The van der Waals surface area contributed by atoms with Gasteiger partial charge in [-0.05, 0) is 19.1 Å². The Labute approximate surface area is 100 Å². The Balaban J connectivity index is 2.69. The molecule has 5 heteroatoms. The van der Waals surface area contributed by atoms with E-state index in [0.717, 1.165) is 0 Å². The lowest BCUT2D eigenvalue weighted by atomic mass is 10.4. The Morgan fingerprint density at radius 2 is 1.76 bits per heavy atom. The smallest absolute Gasteiger partial charge is 0.225 e. The zero-order valence-corrected chi connectivity index (χ0v) is 10.4. The topological polar surface area (TPSA) is 59.3 Å². The van der Waals surface area contributed by atoms with Crippen molar-refractivity contribution in [3.05, 3.63) is 42.1 Å². The maximum Gasteiger partial charge on any atom is 0.225 e. The molecule has 0 saturated heterocycles. The van der Waals surface area contributed by atoms with Crippen LogP contribution in [0.25, 0.3) is 0 Å². The Kier molecular flexibility index (Phi) is 2.71. The molecule has 90 valence electrons. The maximum absolute atomic E-state index is 12.3. The van der Waals surface area contributed by atoms with Crippen molar-refractivity contribution in [3.8, 4) is 5.75 Å². The molecule has 1 aromatic heterocycles. The highest BCUT2D eigenvalue weighted by molar-refractivity contribution is 7.91. The summed E-state index contributed by atoms with van der Waals surface area (Å²) in [5, 5.41) is 9.75. The van der Waals surface area contributed by atoms with E-state index in [1.807, 2.05) is 0 Å². The van der Waals surface area contributed by atoms with Crippen LogP contribution in [0.1, 0.15) is 5.56 Å². The van der Waals surface area contributed by atoms with Crippen LogP contribution in [0, 0.1) is 6.92 Å². The minimum absolute atomic E-state index is 0.0683. The number of aromatic nitrogens is 1. The van der Waals surface area contributed by atoms with Crippen molar-refractivity contribution in [1.29, 1.82) is 0 Å². The van der Waals surface area contributed by atoms with Gasteiger partial charge in [0.25, 0.3) is 0 Å². The lowest BCUT2D eigenvalue weighted by molar-refractivity contribution is 0.449. The first-order valence-corrected chi connectivity index (χ1v) is 6.58. The molecule has 4 nitrogen and oxygen atoms in total. The molecular formula is C12H13NO3S. The van der Waals surface area contributed by atoms with Gasteiger partial charge in [0.2, 0.25) is 9.84 Å². The fraction of sp³-hybridized carbons (Fsp3) is 0.167. The van der Waals surface area contributed by atoms with Crippen LogP contribution in [0.3, 0.4) is 0 Å². The van der Waals surface area contributed by atoms with E-state index in [1.165, 1.54) is 16.7 Å². The van der Waals surface area contributed by atoms with E-state index in [2.05, 4.69) is 0 Å². The standard InChI is InChI=1S/C12H13NO3S/c1-9-8-13(2)12(11(9)14)17(15,16)10-6-4-3-5-7-10/h3-8,14H,1-2H3. The molecule has 0 amide bonds. The van der Waals surface area contributed by atoms with Crippen molar-refractivity contribution in [2.24, 2.45) is 7.05 Å². The minimum atomic E-state index is -3.67. The normalized spacial score (nSPS) is 11.6. The van der Waals surface area contributed by atoms with Crippen molar-refractivity contribution < 1.29 is 13.5 Å². The fourth-order valence-corrected chi connectivity index (χ4v) is 3.36. The highest BCUT2D eigenvalue weighted by Gasteiger charge is 2.26. The van der Waals surface area contributed by atoms with Crippen molar-refractivity contribution in [2.75, 3.05) is 0 Å². The number of aryl methyl sites for hydroxylation is 2. The summed E-state index contributed by atoms with van der Waals surface area (Å²) in [6.45, 7) is 1.67. The molecule has 1 N–H and O–H groups in total. The molecule has 0 atom stereocenters. The molecule has 1 heterocycles. The van der Waals surface area contributed by atoms with Crippen LogP contribution in [0.15, 0.2) is 46.5 Å². The van der Waals surface area contributed by atoms with E-state index in [9.17, 15) is 13.5 Å². The van der Waals surface area contributed by atoms with Gasteiger partial charge in [-0.2, -0.15) is 0 Å². The molecule has 0 radical (unpaired) electrons. The first-order valence-electron chi connectivity index (χ1n) is 5.09. The van der Waals surface area contributed by atoms with E-state index < -0.39 is 9.84 Å². The molecule has 0 aliphatic heterocycles. The van der Waals surface area contributed by atoms with Gasteiger partial charge in [0.1, 0.15) is 0 Å². The number of benzene rings is 1. The highest BCUT2D eigenvalue weighted by atomic mass is 32.2. The second-order valence-electron chi connectivity index (χ2n) is 3.89. The quantitative estimate of drug-likeness (QED) is 0.886. The molecule has 0 saturated carbocycles. The van der Waals surface area contributed by atoms with Crippen molar-refractivity contribution in [2.45, 2.75) is 16.8 Å². The van der Waals surface area contributed by atoms with Gasteiger partial charge < -0.3 is 9.67 Å². The predicted octanol–water partition coefficient (Wildman–Crippen LogP) is 1.87. The third kappa shape index (κ3) is 1.82. The van der Waals surface area contributed by atoms with Gasteiger partial charge in [-0.3, -0.25) is 0 Å². The van der Waals surface area contributed by atoms with Gasteiger partial charge in [0.05, 0.1) is 4.90 Å². The van der Waals surface area contributed by atoms with Crippen LogP contribution in [-0.4, -0.2) is 18.1 Å². The molecule has 0 spiro atoms. The van der Waals surface area contributed by atoms with Crippen LogP contribution in [0.5, 0.6) is 5.75 Å². The molecule has 2 rings (SSSR count). The van der Waals surface area contributed by atoms with Crippen LogP contribution in [-0.2, 0) is 16.9 Å². The largest absolute Gasteiger partial charge is 0.505 e. The van der Waals surface area contributed by atoms with E-state index in [1.54, 1.807) is 38.4 Å². The summed E-state index contributed by atoms with van der Waals surface area (Å²) < 4.78 is 26.0. The number of hydrogen-bond acceptors (Lipinski definition) is 3. The monoisotopic (exact) mass is 251 g/mol. The molecule has 1 aromatic carbocycles. The maximum atomic E-state index is 12.3. The summed E-state index contributed by atoms with van der Waals surface area (Å²) in [7, 11) is -2.07. The van der Waals surface area contributed by atoms with Gasteiger partial charge in [-0.15, -0.1) is 0 Å². The summed E-state index contributed by atoms with van der Waals surface area (Å²) in [6.07, 6.45) is 1.59. The summed E-state index contributed by atoms with van der Waals surface area (Å²) in [5.41, 5.74) is 0.544. The Hall–Kier alpha value is -1.75. The van der Waals surface area contributed by atoms with Crippen LogP contribution >= 0.6 is 0 Å². The lowest BCUT2D eigenvalue weighted by Gasteiger charge is -2.06. The van der Waals surface area contributed by atoms with E-state index in [0.29, 0.717) is 5.56 Å². The fourth-order valence-electron chi connectivity index (χ4n) is 1.77. The summed E-state index contributed by atoms with van der Waals surface area (Å²) in [5.74, 6) is -0.184. The van der Waals surface area contributed by atoms with Crippen molar-refractivity contribution in [1.82, 2.24) is 4.57 Å². The first kappa shape index (κ1) is 11.7. The first-order chi connectivity index (χ1) is 7.94. The number of rotatable bonds is 2. The van der Waals surface area contributed by atoms with E-state index in [-0.39, 0.29) is 15.7 Å². The number of sulfone groups is 1. The molecule has 0 bridgehead atoms. The Morgan fingerprint density at radius 3 is 2.24 bits per heavy atom. The molecule has 0 aliphatic rings. The van der Waals surface area contributed by atoms with Crippen LogP contribution < -0.4 is 0 Å². The molecule has 2 aromatic rings. The molecule has 0 fully saturated rings. The molecule has 0 unspecified atom stereocenters. The third-order valence-electron chi connectivity index (χ3n) is 2.59. The third-order valence-corrected chi connectivity index (χ3v) is 4.47. The molecule has 0 aliphatic carbocycles. The van der Waals surface area contributed by atoms with Gasteiger partial charge in [-0.25, -0.2) is 8.42 Å². The van der Waals surface area contributed by atoms with Gasteiger partial charge in [0.15, 0.2) is 10.8 Å². The number of aromatic hydroxyl groups is 1. The zero-order valence-electron chi connectivity index (χ0n) is 9.58. The number of hydrogen-bond donors (Lipinski definition) is 1. The Bertz CT molecular complexity index is 642. The average molecular weight is 251 g/mol. The lowest BCUT2D eigenvalue weighted by Crippen LogP contribution is -2.07. The summed E-state index contributed by atoms with van der Waals surface area (Å²) >= 11 is 0. The van der Waals surface area contributed by atoms with Crippen LogP contribution in [0.4, 0.5) is 0 Å². The summed E-state index contributed by atoms with van der Waals surface area (Å²) in [4.78, 5) is 0.177. The molecular weight excluding hydrogens is 238 g/mol. The molecule has 17 heavy (non-hydrogen) atoms. The number of nitrogens with zero attached hydrogens (tertiary/aromatic N) is 1. The SMILES string of the molecule is Cc1cn(C)c(S(=O)(=O)c2ccccc2)c1O. The zero-order chi connectivity index (χ0) is 12.6. The predicted molar refractivity (Wildman–Crippen MR) is 63.7 cm³/mol. The van der Waals surface area contributed by atoms with Crippen molar-refractivity contribution in [3.63, 3.8) is 0 Å². The van der Waals surface area contributed by atoms with E-state index in [4.69, 9.17) is 0 Å². The second-order valence-corrected chi connectivity index (χ2v) is 5.76. The summed E-state index contributed by atoms with van der Waals surface area (Å²) in [6, 6.07) is 8.07. The minimum Gasteiger partial charge on any atom is -0.505 e. The average Bonchev–Trinajstić information content (AvgIpc) is 2.54. The van der Waals surface area contributed by atoms with Gasteiger partial charge in [0, 0.05) is 18.8 Å². The highest BCUT2D eigenvalue weighted by Crippen LogP contribution is 2.31. The van der Waals surface area contributed by atoms with Gasteiger partial charge in [-0.1, -0.05) is 18.2 Å². The van der Waals surface area contributed by atoms with Crippen LogP contribution in [0.2, 0.25) is 0 Å². The van der Waals surface area contributed by atoms with Crippen molar-refractivity contribution >= 4 is 9.84 Å². The van der Waals surface area contributed by atoms with E-state index >= 15 is 0 Å². The second kappa shape index (κ2) is 3.92. The Morgan fingerprint density at radius 1 is 1.18 bits per heavy atom. The van der Waals surface area contributed by atoms with Gasteiger partial charge >= 0.3 is 0 Å².